The van der Waals surface area contributed by atoms with Crippen molar-refractivity contribution in [2.75, 3.05) is 19.6 Å². The molecule has 3 heterocycles. The summed E-state index contributed by atoms with van der Waals surface area (Å²) in [5.74, 6) is 1.35. The van der Waals surface area contributed by atoms with Crippen LogP contribution >= 0.6 is 11.6 Å². The van der Waals surface area contributed by atoms with Crippen molar-refractivity contribution in [2.24, 2.45) is 18.7 Å². The number of nitrogens with zero attached hydrogens (tertiary/aromatic N) is 4. The molecule has 1 unspecified atom stereocenters. The van der Waals surface area contributed by atoms with E-state index >= 15 is 0 Å². The van der Waals surface area contributed by atoms with Crippen LogP contribution in [0, 0.1) is 12.8 Å². The second-order valence-corrected chi connectivity index (χ2v) is 6.05. The Balaban J connectivity index is 1.87. The largest absolute Gasteiger partial charge is 0.361 e. The summed E-state index contributed by atoms with van der Waals surface area (Å²) in [7, 11) is 1.84. The Hall–Kier alpha value is -1.37. The molecule has 0 amide bonds. The molecule has 2 aromatic rings. The number of hydrogen-bond acceptors (Lipinski definition) is 5. The third-order valence-electron chi connectivity index (χ3n) is 4.02. The van der Waals surface area contributed by atoms with Crippen LogP contribution < -0.4 is 5.73 Å². The van der Waals surface area contributed by atoms with Gasteiger partial charge in [0.25, 0.3) is 0 Å². The van der Waals surface area contributed by atoms with Crippen molar-refractivity contribution >= 4 is 11.6 Å². The van der Waals surface area contributed by atoms with Gasteiger partial charge < -0.3 is 10.3 Å². The van der Waals surface area contributed by atoms with Gasteiger partial charge in [-0.2, -0.15) is 5.10 Å². The van der Waals surface area contributed by atoms with Gasteiger partial charge in [-0.25, -0.2) is 0 Å². The molecule has 0 bridgehead atoms. The summed E-state index contributed by atoms with van der Waals surface area (Å²) in [4.78, 5) is 2.37. The zero-order valence-corrected chi connectivity index (χ0v) is 13.1. The lowest BCUT2D eigenvalue weighted by molar-refractivity contribution is 0.318. The Morgan fingerprint density at radius 2 is 2.33 bits per heavy atom. The maximum atomic E-state index is 6.41. The molecule has 1 aliphatic heterocycles. The Bertz CT molecular complexity index is 635. The average molecular weight is 310 g/mol. The second-order valence-electron chi connectivity index (χ2n) is 5.69. The van der Waals surface area contributed by atoms with Gasteiger partial charge in [-0.05, 0) is 32.4 Å². The van der Waals surface area contributed by atoms with Crippen molar-refractivity contribution in [3.8, 4) is 11.4 Å². The number of aromatic nitrogens is 3. The maximum absolute atomic E-state index is 6.41. The molecule has 2 aromatic heterocycles. The smallest absolute Gasteiger partial charge is 0.134 e. The fourth-order valence-corrected chi connectivity index (χ4v) is 3.03. The van der Waals surface area contributed by atoms with E-state index in [4.69, 9.17) is 21.9 Å². The fourth-order valence-electron chi connectivity index (χ4n) is 2.84. The van der Waals surface area contributed by atoms with E-state index in [1.807, 2.05) is 20.0 Å². The highest BCUT2D eigenvalue weighted by Gasteiger charge is 2.25. The molecule has 0 saturated carbocycles. The standard InChI is InChI=1S/C14H20ClN5O/c1-9-5-12(18-21-9)13-11(14(15)19(2)17-13)8-20-4-3-10(6-16)7-20/h5,10H,3-4,6-8,16H2,1-2H3. The zero-order valence-electron chi connectivity index (χ0n) is 12.3. The molecule has 1 aliphatic rings. The van der Waals surface area contributed by atoms with Gasteiger partial charge >= 0.3 is 0 Å². The first kappa shape index (κ1) is 14.6. The normalized spacial score (nSPS) is 19.5. The number of hydrogen-bond donors (Lipinski definition) is 1. The minimum Gasteiger partial charge on any atom is -0.361 e. The lowest BCUT2D eigenvalue weighted by Crippen LogP contribution is -2.23. The van der Waals surface area contributed by atoms with Gasteiger partial charge in [0.05, 0.1) is 0 Å². The average Bonchev–Trinajstić information content (AvgIpc) is 3.15. The molecule has 114 valence electrons. The zero-order chi connectivity index (χ0) is 15.0. The minimum atomic E-state index is 0.582. The van der Waals surface area contributed by atoms with E-state index in [0.717, 1.165) is 55.3 Å². The van der Waals surface area contributed by atoms with Crippen molar-refractivity contribution in [3.63, 3.8) is 0 Å². The molecule has 2 N–H and O–H groups in total. The molecule has 0 aromatic carbocycles. The highest BCUT2D eigenvalue weighted by Crippen LogP contribution is 2.30. The number of halogens is 1. The van der Waals surface area contributed by atoms with Gasteiger partial charge in [0, 0.05) is 31.8 Å². The van der Waals surface area contributed by atoms with Crippen LogP contribution in [0.1, 0.15) is 17.7 Å². The summed E-state index contributed by atoms with van der Waals surface area (Å²) in [5, 5.41) is 9.20. The first-order chi connectivity index (χ1) is 10.1. The van der Waals surface area contributed by atoms with Gasteiger partial charge in [-0.1, -0.05) is 16.8 Å². The number of aryl methyl sites for hydroxylation is 2. The van der Waals surface area contributed by atoms with Crippen LogP contribution in [0.5, 0.6) is 0 Å². The molecule has 3 rings (SSSR count). The Morgan fingerprint density at radius 1 is 1.52 bits per heavy atom. The second kappa shape index (κ2) is 5.79. The highest BCUT2D eigenvalue weighted by atomic mass is 35.5. The van der Waals surface area contributed by atoms with Gasteiger partial charge in [-0.3, -0.25) is 9.58 Å². The van der Waals surface area contributed by atoms with E-state index in [1.54, 1.807) is 4.68 Å². The lowest BCUT2D eigenvalue weighted by atomic mass is 10.1. The Morgan fingerprint density at radius 3 is 2.95 bits per heavy atom. The first-order valence-electron chi connectivity index (χ1n) is 7.16. The Labute approximate surface area is 128 Å². The molecule has 21 heavy (non-hydrogen) atoms. The van der Waals surface area contributed by atoms with Gasteiger partial charge in [0.1, 0.15) is 22.3 Å². The molecular weight excluding hydrogens is 290 g/mol. The number of likely N-dealkylation sites (tertiary alicyclic amines) is 1. The molecule has 0 spiro atoms. The lowest BCUT2D eigenvalue weighted by Gasteiger charge is -2.15. The number of rotatable bonds is 4. The van der Waals surface area contributed by atoms with Crippen molar-refractivity contribution < 1.29 is 4.52 Å². The van der Waals surface area contributed by atoms with Crippen LogP contribution in [0.4, 0.5) is 0 Å². The first-order valence-corrected chi connectivity index (χ1v) is 7.53. The third-order valence-corrected chi connectivity index (χ3v) is 4.50. The SMILES string of the molecule is Cc1cc(-c2nn(C)c(Cl)c2CN2CCC(CN)C2)no1. The Kier molecular flexibility index (Phi) is 4.01. The van der Waals surface area contributed by atoms with Crippen LogP contribution in [0.3, 0.4) is 0 Å². The predicted molar refractivity (Wildman–Crippen MR) is 80.9 cm³/mol. The molecule has 1 fully saturated rings. The predicted octanol–water partition coefficient (Wildman–Crippen LogP) is 1.82. The quantitative estimate of drug-likeness (QED) is 0.932. The van der Waals surface area contributed by atoms with Crippen molar-refractivity contribution in [1.82, 2.24) is 19.8 Å². The van der Waals surface area contributed by atoms with Crippen LogP contribution in [-0.4, -0.2) is 39.5 Å². The highest BCUT2D eigenvalue weighted by molar-refractivity contribution is 6.30. The van der Waals surface area contributed by atoms with E-state index < -0.39 is 0 Å². The summed E-state index contributed by atoms with van der Waals surface area (Å²) in [5.41, 5.74) is 8.30. The minimum absolute atomic E-state index is 0.582. The van der Waals surface area contributed by atoms with Crippen molar-refractivity contribution in [2.45, 2.75) is 19.9 Å². The summed E-state index contributed by atoms with van der Waals surface area (Å²) in [6.07, 6.45) is 1.15. The molecule has 1 saturated heterocycles. The molecule has 7 heteroatoms. The van der Waals surface area contributed by atoms with Crippen molar-refractivity contribution in [3.05, 3.63) is 22.5 Å². The number of nitrogens with two attached hydrogens (primary N) is 1. The van der Waals surface area contributed by atoms with Gasteiger partial charge in [-0.15, -0.1) is 0 Å². The van der Waals surface area contributed by atoms with Gasteiger partial charge in [0.15, 0.2) is 0 Å². The fraction of sp³-hybridized carbons (Fsp3) is 0.571. The van der Waals surface area contributed by atoms with Gasteiger partial charge in [0.2, 0.25) is 0 Å². The summed E-state index contributed by atoms with van der Waals surface area (Å²) >= 11 is 6.41. The summed E-state index contributed by atoms with van der Waals surface area (Å²) < 4.78 is 6.84. The van der Waals surface area contributed by atoms with Crippen molar-refractivity contribution in [1.29, 1.82) is 0 Å². The van der Waals surface area contributed by atoms with Crippen LogP contribution in [0.2, 0.25) is 5.15 Å². The van der Waals surface area contributed by atoms with E-state index in [-0.39, 0.29) is 0 Å². The maximum Gasteiger partial charge on any atom is 0.134 e. The summed E-state index contributed by atoms with van der Waals surface area (Å²) in [6.45, 7) is 5.44. The van der Waals surface area contributed by atoms with E-state index in [1.165, 1.54) is 0 Å². The topological polar surface area (TPSA) is 73.1 Å². The monoisotopic (exact) mass is 309 g/mol. The molecule has 0 radical (unpaired) electrons. The van der Waals surface area contributed by atoms with E-state index in [2.05, 4.69) is 15.2 Å². The summed E-state index contributed by atoms with van der Waals surface area (Å²) in [6, 6.07) is 1.88. The van der Waals surface area contributed by atoms with E-state index in [0.29, 0.717) is 11.1 Å². The van der Waals surface area contributed by atoms with E-state index in [9.17, 15) is 0 Å². The molecular formula is C14H20ClN5O. The van der Waals surface area contributed by atoms with Crippen LogP contribution in [0.25, 0.3) is 11.4 Å². The molecule has 0 aliphatic carbocycles. The third kappa shape index (κ3) is 2.84. The molecule has 6 nitrogen and oxygen atoms in total. The molecule has 1 atom stereocenters. The van der Waals surface area contributed by atoms with Crippen LogP contribution in [-0.2, 0) is 13.6 Å². The van der Waals surface area contributed by atoms with Crippen LogP contribution in [0.15, 0.2) is 10.6 Å².